The van der Waals surface area contributed by atoms with Gasteiger partial charge in [0.25, 0.3) is 5.92 Å². The van der Waals surface area contributed by atoms with Crippen LogP contribution in [0, 0.1) is 6.92 Å². The molecule has 0 heterocycles. The minimum Gasteiger partial charge on any atom is -0.390 e. The molecule has 0 unspecified atom stereocenters. The van der Waals surface area contributed by atoms with E-state index < -0.39 is 25.0 Å². The van der Waals surface area contributed by atoms with Gasteiger partial charge in [-0.3, -0.25) is 4.79 Å². The number of carbonyl (C=O) groups is 1. The van der Waals surface area contributed by atoms with Crippen LogP contribution in [-0.4, -0.2) is 30.1 Å². The molecule has 18 heavy (non-hydrogen) atoms. The molecule has 1 aromatic rings. The molecule has 5 heteroatoms. The summed E-state index contributed by atoms with van der Waals surface area (Å²) in [7, 11) is 0. The third kappa shape index (κ3) is 5.05. The Labute approximate surface area is 104 Å². The lowest BCUT2D eigenvalue weighted by Gasteiger charge is -2.12. The molecule has 0 aromatic heterocycles. The molecule has 1 rings (SSSR count). The van der Waals surface area contributed by atoms with Crippen molar-refractivity contribution in [3.8, 4) is 0 Å². The van der Waals surface area contributed by atoms with Crippen LogP contribution < -0.4 is 5.32 Å². The minimum absolute atomic E-state index is 0.621. The lowest BCUT2D eigenvalue weighted by atomic mass is 10.1. The molecule has 1 aromatic carbocycles. The first-order chi connectivity index (χ1) is 8.43. The van der Waals surface area contributed by atoms with Crippen LogP contribution in [0.5, 0.6) is 0 Å². The number of amides is 1. The largest absolute Gasteiger partial charge is 0.390 e. The van der Waals surface area contributed by atoms with Gasteiger partial charge in [0, 0.05) is 6.08 Å². The van der Waals surface area contributed by atoms with Crippen molar-refractivity contribution in [2.75, 3.05) is 13.2 Å². The SMILES string of the molecule is Cc1cccc(/C=C/C(=O)NCC(F)(F)CO)c1. The fraction of sp³-hybridized carbons (Fsp3) is 0.308. The Morgan fingerprint density at radius 1 is 1.50 bits per heavy atom. The highest BCUT2D eigenvalue weighted by molar-refractivity contribution is 5.91. The number of benzene rings is 1. The number of aliphatic hydroxyl groups excluding tert-OH is 1. The van der Waals surface area contributed by atoms with E-state index >= 15 is 0 Å². The van der Waals surface area contributed by atoms with Crippen molar-refractivity contribution in [1.82, 2.24) is 5.32 Å². The quantitative estimate of drug-likeness (QED) is 0.787. The minimum atomic E-state index is -3.28. The summed E-state index contributed by atoms with van der Waals surface area (Å²) in [6.45, 7) is -0.241. The van der Waals surface area contributed by atoms with Gasteiger partial charge in [-0.05, 0) is 18.6 Å². The van der Waals surface area contributed by atoms with Crippen molar-refractivity contribution in [3.05, 3.63) is 41.5 Å². The van der Waals surface area contributed by atoms with Gasteiger partial charge in [-0.15, -0.1) is 0 Å². The summed E-state index contributed by atoms with van der Waals surface area (Å²) in [5.41, 5.74) is 1.86. The third-order valence-electron chi connectivity index (χ3n) is 2.22. The summed E-state index contributed by atoms with van der Waals surface area (Å²) in [5.74, 6) is -3.91. The maximum Gasteiger partial charge on any atom is 0.287 e. The van der Waals surface area contributed by atoms with Gasteiger partial charge in [0.15, 0.2) is 0 Å². The Hall–Kier alpha value is -1.75. The van der Waals surface area contributed by atoms with Gasteiger partial charge in [-0.1, -0.05) is 29.8 Å². The number of alkyl halides is 2. The van der Waals surface area contributed by atoms with Crippen molar-refractivity contribution < 1.29 is 18.7 Å². The molecule has 0 aliphatic carbocycles. The smallest absolute Gasteiger partial charge is 0.287 e. The number of aliphatic hydroxyl groups is 1. The van der Waals surface area contributed by atoms with Crippen LogP contribution in [0.15, 0.2) is 30.3 Å². The fourth-order valence-corrected chi connectivity index (χ4v) is 1.28. The molecular formula is C13H15F2NO2. The van der Waals surface area contributed by atoms with Crippen LogP contribution in [0.4, 0.5) is 8.78 Å². The standard InChI is InChI=1S/C13H15F2NO2/c1-10-3-2-4-11(7-10)5-6-12(18)16-8-13(14,15)9-17/h2-7,17H,8-9H2,1H3,(H,16,18)/b6-5+. The molecule has 0 bridgehead atoms. The molecule has 0 saturated carbocycles. The normalized spacial score (nSPS) is 11.8. The molecule has 3 nitrogen and oxygen atoms in total. The van der Waals surface area contributed by atoms with Crippen LogP contribution >= 0.6 is 0 Å². The molecule has 0 saturated heterocycles. The number of carbonyl (C=O) groups excluding carboxylic acids is 1. The number of rotatable bonds is 5. The highest BCUT2D eigenvalue weighted by atomic mass is 19.3. The molecule has 0 radical (unpaired) electrons. The molecular weight excluding hydrogens is 240 g/mol. The van der Waals surface area contributed by atoms with E-state index in [0.29, 0.717) is 0 Å². The summed E-state index contributed by atoms with van der Waals surface area (Å²) < 4.78 is 25.3. The van der Waals surface area contributed by atoms with Crippen LogP contribution in [0.3, 0.4) is 0 Å². The zero-order chi connectivity index (χ0) is 13.6. The molecule has 0 spiro atoms. The predicted molar refractivity (Wildman–Crippen MR) is 65.3 cm³/mol. The Kier molecular flexibility index (Phi) is 4.97. The van der Waals surface area contributed by atoms with Gasteiger partial charge in [0.05, 0.1) is 6.54 Å². The number of hydrogen-bond donors (Lipinski definition) is 2. The number of halogens is 2. The molecule has 0 atom stereocenters. The van der Waals surface area contributed by atoms with Gasteiger partial charge < -0.3 is 10.4 Å². The molecule has 98 valence electrons. The van der Waals surface area contributed by atoms with Crippen molar-refractivity contribution in [1.29, 1.82) is 0 Å². The Balaban J connectivity index is 2.50. The summed E-state index contributed by atoms with van der Waals surface area (Å²) >= 11 is 0. The van der Waals surface area contributed by atoms with Crippen molar-refractivity contribution in [2.24, 2.45) is 0 Å². The fourth-order valence-electron chi connectivity index (χ4n) is 1.28. The summed E-state index contributed by atoms with van der Waals surface area (Å²) in [6.07, 6.45) is 2.72. The molecule has 2 N–H and O–H groups in total. The van der Waals surface area contributed by atoms with E-state index in [4.69, 9.17) is 5.11 Å². The molecule has 0 fully saturated rings. The van der Waals surface area contributed by atoms with Crippen LogP contribution in [-0.2, 0) is 4.79 Å². The van der Waals surface area contributed by atoms with E-state index in [1.54, 1.807) is 12.1 Å². The van der Waals surface area contributed by atoms with Crippen LogP contribution in [0.2, 0.25) is 0 Å². The maximum atomic E-state index is 12.6. The van der Waals surface area contributed by atoms with Gasteiger partial charge >= 0.3 is 0 Å². The van der Waals surface area contributed by atoms with E-state index in [1.807, 2.05) is 30.4 Å². The Morgan fingerprint density at radius 3 is 2.83 bits per heavy atom. The maximum absolute atomic E-state index is 12.6. The predicted octanol–water partition coefficient (Wildman–Crippen LogP) is 1.75. The van der Waals surface area contributed by atoms with E-state index in [9.17, 15) is 13.6 Å². The average Bonchev–Trinajstić information content (AvgIpc) is 2.34. The zero-order valence-corrected chi connectivity index (χ0v) is 9.99. The highest BCUT2D eigenvalue weighted by Crippen LogP contribution is 2.10. The van der Waals surface area contributed by atoms with Gasteiger partial charge in [-0.2, -0.15) is 0 Å². The zero-order valence-electron chi connectivity index (χ0n) is 9.99. The van der Waals surface area contributed by atoms with Crippen molar-refractivity contribution in [3.63, 3.8) is 0 Å². The van der Waals surface area contributed by atoms with Gasteiger partial charge in [0.1, 0.15) is 6.61 Å². The molecule has 0 aliphatic heterocycles. The highest BCUT2D eigenvalue weighted by Gasteiger charge is 2.27. The number of nitrogens with one attached hydrogen (secondary N) is 1. The first kappa shape index (κ1) is 14.3. The van der Waals surface area contributed by atoms with Gasteiger partial charge in [-0.25, -0.2) is 8.78 Å². The second-order valence-corrected chi connectivity index (χ2v) is 3.98. The van der Waals surface area contributed by atoms with Crippen LogP contribution in [0.25, 0.3) is 6.08 Å². The van der Waals surface area contributed by atoms with E-state index in [-0.39, 0.29) is 0 Å². The second kappa shape index (κ2) is 6.26. The van der Waals surface area contributed by atoms with E-state index in [0.717, 1.165) is 11.1 Å². The van der Waals surface area contributed by atoms with E-state index in [2.05, 4.69) is 0 Å². The molecule has 0 aliphatic rings. The first-order valence-electron chi connectivity index (χ1n) is 5.44. The Morgan fingerprint density at radius 2 is 2.22 bits per heavy atom. The summed E-state index contributed by atoms with van der Waals surface area (Å²) in [4.78, 5) is 11.3. The van der Waals surface area contributed by atoms with Crippen molar-refractivity contribution in [2.45, 2.75) is 12.8 Å². The number of hydrogen-bond acceptors (Lipinski definition) is 2. The topological polar surface area (TPSA) is 49.3 Å². The average molecular weight is 255 g/mol. The second-order valence-electron chi connectivity index (χ2n) is 3.98. The molecule has 1 amide bonds. The Bertz CT molecular complexity index is 444. The summed E-state index contributed by atoms with van der Waals surface area (Å²) in [5, 5.41) is 10.3. The monoisotopic (exact) mass is 255 g/mol. The van der Waals surface area contributed by atoms with Crippen LogP contribution in [0.1, 0.15) is 11.1 Å². The lowest BCUT2D eigenvalue weighted by molar-refractivity contribution is -0.119. The third-order valence-corrected chi connectivity index (χ3v) is 2.22. The lowest BCUT2D eigenvalue weighted by Crippen LogP contribution is -2.38. The van der Waals surface area contributed by atoms with Gasteiger partial charge in [0.2, 0.25) is 5.91 Å². The van der Waals surface area contributed by atoms with Crippen molar-refractivity contribution >= 4 is 12.0 Å². The number of aryl methyl sites for hydroxylation is 1. The first-order valence-corrected chi connectivity index (χ1v) is 5.44. The summed E-state index contributed by atoms with van der Waals surface area (Å²) in [6, 6.07) is 7.43. The van der Waals surface area contributed by atoms with E-state index in [1.165, 1.54) is 6.08 Å².